The van der Waals surface area contributed by atoms with Crippen LogP contribution in [-0.2, 0) is 0 Å². The summed E-state index contributed by atoms with van der Waals surface area (Å²) >= 11 is 0. The minimum Gasteiger partial charge on any atom is -0.488 e. The molecule has 3 rings (SSSR count). The normalized spacial score (nSPS) is 23.4. The highest BCUT2D eigenvalue weighted by molar-refractivity contribution is 5.85. The van der Waals surface area contributed by atoms with Crippen LogP contribution < -0.4 is 10.5 Å². The topological polar surface area (TPSA) is 48.1 Å². The van der Waals surface area contributed by atoms with E-state index in [-0.39, 0.29) is 0 Å². The SMILES string of the molecule is C[C@H]1CCC[C@H]1Oc1cccc2ccc(N)nc12. The Labute approximate surface area is 107 Å². The summed E-state index contributed by atoms with van der Waals surface area (Å²) in [6.07, 6.45) is 3.97. The molecule has 1 fully saturated rings. The van der Waals surface area contributed by atoms with E-state index in [4.69, 9.17) is 10.5 Å². The van der Waals surface area contributed by atoms with Gasteiger partial charge in [0, 0.05) is 5.39 Å². The summed E-state index contributed by atoms with van der Waals surface area (Å²) in [4.78, 5) is 4.40. The molecule has 1 aliphatic carbocycles. The first-order valence-electron chi connectivity index (χ1n) is 6.56. The lowest BCUT2D eigenvalue weighted by Gasteiger charge is -2.18. The van der Waals surface area contributed by atoms with E-state index in [1.165, 1.54) is 12.8 Å². The fourth-order valence-electron chi connectivity index (χ4n) is 2.68. The van der Waals surface area contributed by atoms with Crippen LogP contribution in [-0.4, -0.2) is 11.1 Å². The van der Waals surface area contributed by atoms with E-state index in [0.717, 1.165) is 23.1 Å². The lowest BCUT2D eigenvalue weighted by atomic mass is 10.1. The largest absolute Gasteiger partial charge is 0.488 e. The predicted octanol–water partition coefficient (Wildman–Crippen LogP) is 3.38. The van der Waals surface area contributed by atoms with Crippen LogP contribution in [0.2, 0.25) is 0 Å². The molecule has 3 heteroatoms. The van der Waals surface area contributed by atoms with Gasteiger partial charge >= 0.3 is 0 Å². The number of para-hydroxylation sites is 1. The predicted molar refractivity (Wildman–Crippen MR) is 73.6 cm³/mol. The van der Waals surface area contributed by atoms with Crippen LogP contribution in [0.5, 0.6) is 5.75 Å². The molecular formula is C15H18N2O. The average molecular weight is 242 g/mol. The molecule has 18 heavy (non-hydrogen) atoms. The molecular weight excluding hydrogens is 224 g/mol. The first kappa shape index (κ1) is 11.3. The van der Waals surface area contributed by atoms with Gasteiger partial charge in [0.05, 0.1) is 0 Å². The van der Waals surface area contributed by atoms with Gasteiger partial charge in [0.1, 0.15) is 23.2 Å². The molecule has 1 aromatic carbocycles. The van der Waals surface area contributed by atoms with Crippen molar-refractivity contribution in [2.75, 3.05) is 5.73 Å². The van der Waals surface area contributed by atoms with Crippen molar-refractivity contribution in [1.82, 2.24) is 4.98 Å². The number of fused-ring (bicyclic) bond motifs is 1. The number of hydrogen-bond donors (Lipinski definition) is 1. The van der Waals surface area contributed by atoms with Crippen LogP contribution in [0.4, 0.5) is 5.82 Å². The van der Waals surface area contributed by atoms with Crippen molar-refractivity contribution < 1.29 is 4.74 Å². The van der Waals surface area contributed by atoms with Gasteiger partial charge in [0.25, 0.3) is 0 Å². The number of nitrogen functional groups attached to an aromatic ring is 1. The Morgan fingerprint density at radius 2 is 2.11 bits per heavy atom. The van der Waals surface area contributed by atoms with Gasteiger partial charge in [-0.05, 0) is 43.4 Å². The van der Waals surface area contributed by atoms with Gasteiger partial charge < -0.3 is 10.5 Å². The number of aromatic nitrogens is 1. The van der Waals surface area contributed by atoms with Crippen molar-refractivity contribution in [3.8, 4) is 5.75 Å². The third-order valence-corrected chi connectivity index (χ3v) is 3.77. The number of pyridine rings is 1. The van der Waals surface area contributed by atoms with E-state index < -0.39 is 0 Å². The number of benzene rings is 1. The van der Waals surface area contributed by atoms with Gasteiger partial charge in [-0.2, -0.15) is 0 Å². The van der Waals surface area contributed by atoms with Crippen molar-refractivity contribution >= 4 is 16.7 Å². The van der Waals surface area contributed by atoms with E-state index in [2.05, 4.69) is 11.9 Å². The van der Waals surface area contributed by atoms with Gasteiger partial charge in [-0.15, -0.1) is 0 Å². The smallest absolute Gasteiger partial charge is 0.146 e. The average Bonchev–Trinajstić information content (AvgIpc) is 2.76. The Morgan fingerprint density at radius 3 is 2.89 bits per heavy atom. The highest BCUT2D eigenvalue weighted by Gasteiger charge is 2.25. The number of nitrogens with zero attached hydrogens (tertiary/aromatic N) is 1. The maximum absolute atomic E-state index is 6.14. The summed E-state index contributed by atoms with van der Waals surface area (Å²) in [5, 5.41) is 1.08. The molecule has 2 aromatic rings. The van der Waals surface area contributed by atoms with Gasteiger partial charge in [-0.3, -0.25) is 0 Å². The summed E-state index contributed by atoms with van der Waals surface area (Å²) in [6, 6.07) is 9.84. The highest BCUT2D eigenvalue weighted by Crippen LogP contribution is 2.32. The molecule has 2 atom stereocenters. The lowest BCUT2D eigenvalue weighted by Crippen LogP contribution is -2.19. The molecule has 94 valence electrons. The summed E-state index contributed by atoms with van der Waals surface area (Å²) < 4.78 is 6.14. The standard InChI is InChI=1S/C15H18N2O/c1-10-4-2-6-12(10)18-13-7-3-5-11-8-9-14(16)17-15(11)13/h3,5,7-10,12H,2,4,6H2,1H3,(H2,16,17)/t10-,12+/m0/s1. The maximum Gasteiger partial charge on any atom is 0.146 e. The Balaban J connectivity index is 1.98. The first-order chi connectivity index (χ1) is 8.74. The molecule has 0 amide bonds. The van der Waals surface area contributed by atoms with Gasteiger partial charge in [0.15, 0.2) is 0 Å². The molecule has 1 aliphatic rings. The fourth-order valence-corrected chi connectivity index (χ4v) is 2.68. The zero-order valence-corrected chi connectivity index (χ0v) is 10.6. The second-order valence-electron chi connectivity index (χ2n) is 5.13. The Hall–Kier alpha value is -1.77. The Kier molecular flexibility index (Phi) is 2.82. The quantitative estimate of drug-likeness (QED) is 0.878. The minimum atomic E-state index is 0.318. The van der Waals surface area contributed by atoms with Crippen molar-refractivity contribution in [2.24, 2.45) is 5.92 Å². The highest BCUT2D eigenvalue weighted by atomic mass is 16.5. The third kappa shape index (κ3) is 2.01. The molecule has 1 heterocycles. The number of ether oxygens (including phenoxy) is 1. The van der Waals surface area contributed by atoms with Gasteiger partial charge in [-0.1, -0.05) is 19.1 Å². The zero-order chi connectivity index (χ0) is 12.5. The summed E-state index contributed by atoms with van der Waals surface area (Å²) in [7, 11) is 0. The van der Waals surface area contributed by atoms with Crippen LogP contribution in [0.15, 0.2) is 30.3 Å². The van der Waals surface area contributed by atoms with E-state index in [1.54, 1.807) is 0 Å². The maximum atomic E-state index is 6.14. The van der Waals surface area contributed by atoms with Crippen LogP contribution in [0, 0.1) is 5.92 Å². The van der Waals surface area contributed by atoms with E-state index in [0.29, 0.717) is 17.8 Å². The number of rotatable bonds is 2. The lowest BCUT2D eigenvalue weighted by molar-refractivity contribution is 0.169. The Bertz CT molecular complexity index is 567. The van der Waals surface area contributed by atoms with Crippen molar-refractivity contribution in [1.29, 1.82) is 0 Å². The summed E-state index contributed by atoms with van der Waals surface area (Å²) in [5.41, 5.74) is 6.63. The molecule has 0 radical (unpaired) electrons. The van der Waals surface area contributed by atoms with Crippen LogP contribution >= 0.6 is 0 Å². The third-order valence-electron chi connectivity index (χ3n) is 3.77. The van der Waals surface area contributed by atoms with Gasteiger partial charge in [-0.25, -0.2) is 4.98 Å². The van der Waals surface area contributed by atoms with Crippen LogP contribution in [0.3, 0.4) is 0 Å². The van der Waals surface area contributed by atoms with E-state index in [1.807, 2.05) is 30.3 Å². The molecule has 0 spiro atoms. The summed E-state index contributed by atoms with van der Waals surface area (Å²) in [6.45, 7) is 2.25. The zero-order valence-electron chi connectivity index (χ0n) is 10.6. The van der Waals surface area contributed by atoms with Crippen molar-refractivity contribution in [3.05, 3.63) is 30.3 Å². The molecule has 1 aromatic heterocycles. The number of hydrogen-bond acceptors (Lipinski definition) is 3. The number of nitrogens with two attached hydrogens (primary N) is 1. The molecule has 1 saturated carbocycles. The molecule has 0 bridgehead atoms. The second kappa shape index (κ2) is 4.48. The molecule has 2 N–H and O–H groups in total. The van der Waals surface area contributed by atoms with E-state index in [9.17, 15) is 0 Å². The van der Waals surface area contributed by atoms with Gasteiger partial charge in [0.2, 0.25) is 0 Å². The molecule has 0 saturated heterocycles. The monoisotopic (exact) mass is 242 g/mol. The fraction of sp³-hybridized carbons (Fsp3) is 0.400. The van der Waals surface area contributed by atoms with Crippen LogP contribution in [0.25, 0.3) is 10.9 Å². The molecule has 0 aliphatic heterocycles. The van der Waals surface area contributed by atoms with E-state index >= 15 is 0 Å². The minimum absolute atomic E-state index is 0.318. The Morgan fingerprint density at radius 1 is 1.22 bits per heavy atom. The molecule has 0 unspecified atom stereocenters. The van der Waals surface area contributed by atoms with Crippen molar-refractivity contribution in [2.45, 2.75) is 32.3 Å². The van der Waals surface area contributed by atoms with Crippen molar-refractivity contribution in [3.63, 3.8) is 0 Å². The number of anilines is 1. The molecule has 3 nitrogen and oxygen atoms in total. The first-order valence-corrected chi connectivity index (χ1v) is 6.56. The van der Waals surface area contributed by atoms with Crippen LogP contribution in [0.1, 0.15) is 26.2 Å². The summed E-state index contributed by atoms with van der Waals surface area (Å²) in [5.74, 6) is 2.03. The second-order valence-corrected chi connectivity index (χ2v) is 5.13.